The highest BCUT2D eigenvalue weighted by molar-refractivity contribution is 5.95. The van der Waals surface area contributed by atoms with Crippen LogP contribution in [0.4, 0.5) is 0 Å². The smallest absolute Gasteiger partial charge is 0.258 e. The molecule has 1 aromatic heterocycles. The maximum absolute atomic E-state index is 13.2. The molecule has 0 unspecified atom stereocenters. The third-order valence-electron chi connectivity index (χ3n) is 6.32. The number of hydrogen-bond acceptors (Lipinski definition) is 7. The number of carbonyl (C=O) groups excluding carboxylic acids is 2. The summed E-state index contributed by atoms with van der Waals surface area (Å²) in [6.45, 7) is 0.541. The largest absolute Gasteiger partial charge is 0.493 e. The van der Waals surface area contributed by atoms with Crippen molar-refractivity contribution >= 4 is 11.8 Å². The molecule has 2 amide bonds. The van der Waals surface area contributed by atoms with Crippen LogP contribution in [0, 0.1) is 0 Å². The Labute approximate surface area is 218 Å². The first-order valence-electron chi connectivity index (χ1n) is 12.0. The summed E-state index contributed by atoms with van der Waals surface area (Å²) in [5.41, 5.74) is 3.59. The fourth-order valence-corrected chi connectivity index (χ4v) is 4.43. The monoisotopic (exact) mass is 512 g/mol. The summed E-state index contributed by atoms with van der Waals surface area (Å²) in [6.07, 6.45) is 3.52. The Morgan fingerprint density at radius 1 is 1.05 bits per heavy atom. The maximum Gasteiger partial charge on any atom is 0.258 e. The van der Waals surface area contributed by atoms with E-state index < -0.39 is 0 Å². The number of hydrogen-bond donors (Lipinski definition) is 2. The Bertz CT molecular complexity index is 1550. The molecule has 4 bridgehead atoms. The molecule has 4 aromatic rings. The Morgan fingerprint density at radius 3 is 2.84 bits per heavy atom. The summed E-state index contributed by atoms with van der Waals surface area (Å²) in [6, 6.07) is 16.5. The van der Waals surface area contributed by atoms with Crippen molar-refractivity contribution in [3.8, 4) is 40.1 Å². The normalized spacial score (nSPS) is 13.7. The number of methoxy groups -OCH3 is 1. The number of nitrogens with zero attached hydrogens (tertiary/aromatic N) is 2. The van der Waals surface area contributed by atoms with Gasteiger partial charge in [0.15, 0.2) is 29.6 Å². The zero-order valence-corrected chi connectivity index (χ0v) is 20.5. The Hall–Kier alpha value is -4.99. The van der Waals surface area contributed by atoms with E-state index in [0.29, 0.717) is 40.9 Å². The summed E-state index contributed by atoms with van der Waals surface area (Å²) in [7, 11) is 1.54. The van der Waals surface area contributed by atoms with Gasteiger partial charge in [-0.1, -0.05) is 6.07 Å². The van der Waals surface area contributed by atoms with Gasteiger partial charge in [0.1, 0.15) is 5.82 Å². The van der Waals surface area contributed by atoms with E-state index in [1.54, 1.807) is 37.6 Å². The van der Waals surface area contributed by atoms with Gasteiger partial charge in [0.2, 0.25) is 6.79 Å². The molecular formula is C28H24N4O6. The zero-order valence-electron chi connectivity index (χ0n) is 20.5. The second-order valence-corrected chi connectivity index (χ2v) is 8.81. The van der Waals surface area contributed by atoms with Crippen molar-refractivity contribution in [2.75, 3.05) is 20.5 Å². The minimum atomic E-state index is -0.298. The SMILES string of the molecule is COc1ccc2cc1OCC(=O)NCc1cc(C(=O)NCc3ccc4c(c3)OCO4)cc(c1)-n1ccnc1-2. The molecule has 38 heavy (non-hydrogen) atoms. The minimum Gasteiger partial charge on any atom is -0.493 e. The second kappa shape index (κ2) is 9.81. The quantitative estimate of drug-likeness (QED) is 0.432. The maximum atomic E-state index is 13.2. The molecular weight excluding hydrogens is 488 g/mol. The number of fused-ring (bicyclic) bond motifs is 8. The van der Waals surface area contributed by atoms with Gasteiger partial charge in [-0.15, -0.1) is 0 Å². The molecule has 2 aliphatic rings. The predicted molar refractivity (Wildman–Crippen MR) is 137 cm³/mol. The van der Waals surface area contributed by atoms with Crippen molar-refractivity contribution in [3.63, 3.8) is 0 Å². The van der Waals surface area contributed by atoms with Gasteiger partial charge < -0.3 is 29.6 Å². The van der Waals surface area contributed by atoms with Gasteiger partial charge in [-0.25, -0.2) is 4.98 Å². The first-order valence-corrected chi connectivity index (χ1v) is 12.0. The lowest BCUT2D eigenvalue weighted by Gasteiger charge is -2.14. The van der Waals surface area contributed by atoms with Gasteiger partial charge in [0.05, 0.1) is 7.11 Å². The molecule has 192 valence electrons. The number of nitrogens with one attached hydrogen (secondary N) is 2. The van der Waals surface area contributed by atoms with Crippen molar-refractivity contribution in [3.05, 3.63) is 83.7 Å². The Balaban J connectivity index is 1.34. The molecule has 0 saturated heterocycles. The van der Waals surface area contributed by atoms with Crippen molar-refractivity contribution < 1.29 is 28.5 Å². The lowest BCUT2D eigenvalue weighted by molar-refractivity contribution is -0.123. The molecule has 0 atom stereocenters. The van der Waals surface area contributed by atoms with Crippen LogP contribution in [0.15, 0.2) is 67.0 Å². The number of amides is 2. The van der Waals surface area contributed by atoms with Crippen molar-refractivity contribution in [2.24, 2.45) is 0 Å². The molecule has 3 aromatic carbocycles. The van der Waals surface area contributed by atoms with E-state index in [1.165, 1.54) is 0 Å². The van der Waals surface area contributed by atoms with E-state index in [9.17, 15) is 9.59 Å². The van der Waals surface area contributed by atoms with Crippen LogP contribution in [-0.2, 0) is 17.9 Å². The van der Waals surface area contributed by atoms with E-state index in [4.69, 9.17) is 18.9 Å². The summed E-state index contributed by atoms with van der Waals surface area (Å²) >= 11 is 0. The molecule has 2 N–H and O–H groups in total. The highest BCUT2D eigenvalue weighted by atomic mass is 16.7. The molecule has 0 aliphatic carbocycles. The van der Waals surface area contributed by atoms with E-state index in [-0.39, 0.29) is 31.8 Å². The van der Waals surface area contributed by atoms with Crippen LogP contribution in [0.25, 0.3) is 17.1 Å². The lowest BCUT2D eigenvalue weighted by Crippen LogP contribution is -2.29. The van der Waals surface area contributed by atoms with Gasteiger partial charge in [0, 0.05) is 42.3 Å². The third kappa shape index (κ3) is 4.59. The Morgan fingerprint density at radius 2 is 1.95 bits per heavy atom. The summed E-state index contributed by atoms with van der Waals surface area (Å²) in [5.74, 6) is 2.40. The summed E-state index contributed by atoms with van der Waals surface area (Å²) in [4.78, 5) is 30.3. The van der Waals surface area contributed by atoms with Crippen LogP contribution in [0.2, 0.25) is 0 Å². The van der Waals surface area contributed by atoms with Crippen LogP contribution in [0.5, 0.6) is 23.0 Å². The third-order valence-corrected chi connectivity index (χ3v) is 6.32. The highest BCUT2D eigenvalue weighted by Crippen LogP contribution is 2.34. The van der Waals surface area contributed by atoms with Crippen LogP contribution >= 0.6 is 0 Å². The van der Waals surface area contributed by atoms with Gasteiger partial charge in [-0.2, -0.15) is 0 Å². The van der Waals surface area contributed by atoms with Gasteiger partial charge in [-0.3, -0.25) is 14.2 Å². The van der Waals surface area contributed by atoms with Crippen molar-refractivity contribution in [1.29, 1.82) is 0 Å². The topological polar surface area (TPSA) is 113 Å². The van der Waals surface area contributed by atoms with E-state index >= 15 is 0 Å². The zero-order chi connectivity index (χ0) is 26.1. The fourth-order valence-electron chi connectivity index (χ4n) is 4.43. The highest BCUT2D eigenvalue weighted by Gasteiger charge is 2.18. The number of benzene rings is 3. The standard InChI is InChI=1S/C28H24N4O6/c1-35-22-5-3-19-12-25(22)36-15-26(33)30-14-18-8-20(11-21(9-18)32-7-6-29-27(19)32)28(34)31-13-17-2-4-23-24(10-17)38-16-37-23/h2-12H,13-16H2,1H3,(H,30,33)(H,31,34). The molecule has 0 spiro atoms. The Kier molecular flexibility index (Phi) is 6.04. The lowest BCUT2D eigenvalue weighted by atomic mass is 10.1. The number of rotatable bonds is 4. The van der Waals surface area contributed by atoms with Crippen molar-refractivity contribution in [1.82, 2.24) is 20.2 Å². The van der Waals surface area contributed by atoms with Gasteiger partial charge in [-0.05, 0) is 59.7 Å². The summed E-state index contributed by atoms with van der Waals surface area (Å²) < 4.78 is 23.8. The number of carbonyl (C=O) groups is 2. The molecule has 0 radical (unpaired) electrons. The fraction of sp³-hybridized carbons (Fsp3) is 0.179. The van der Waals surface area contributed by atoms with Crippen LogP contribution in [-0.4, -0.2) is 41.9 Å². The van der Waals surface area contributed by atoms with E-state index in [2.05, 4.69) is 15.6 Å². The van der Waals surface area contributed by atoms with Crippen LogP contribution in [0.3, 0.4) is 0 Å². The number of ether oxygens (including phenoxy) is 4. The average Bonchev–Trinajstić information content (AvgIpc) is 3.62. The summed E-state index contributed by atoms with van der Waals surface area (Å²) in [5, 5.41) is 5.82. The minimum absolute atomic E-state index is 0.184. The average molecular weight is 513 g/mol. The molecule has 6 rings (SSSR count). The molecule has 10 heteroatoms. The molecule has 0 fully saturated rings. The van der Waals surface area contributed by atoms with E-state index in [1.807, 2.05) is 41.1 Å². The number of aromatic nitrogens is 2. The second-order valence-electron chi connectivity index (χ2n) is 8.81. The van der Waals surface area contributed by atoms with Crippen LogP contribution in [0.1, 0.15) is 21.5 Å². The van der Waals surface area contributed by atoms with E-state index in [0.717, 1.165) is 22.4 Å². The first-order chi connectivity index (χ1) is 18.6. The van der Waals surface area contributed by atoms with Crippen molar-refractivity contribution in [2.45, 2.75) is 13.1 Å². The predicted octanol–water partition coefficient (Wildman–Crippen LogP) is 3.22. The molecule has 10 nitrogen and oxygen atoms in total. The molecule has 3 heterocycles. The first kappa shape index (κ1) is 23.4. The molecule has 0 saturated carbocycles. The molecule has 2 aliphatic heterocycles. The van der Waals surface area contributed by atoms with Crippen LogP contribution < -0.4 is 29.6 Å². The number of imidazole rings is 1. The van der Waals surface area contributed by atoms with Gasteiger partial charge in [0.25, 0.3) is 11.8 Å². The van der Waals surface area contributed by atoms with Gasteiger partial charge >= 0.3 is 0 Å².